The second kappa shape index (κ2) is 7.66. The van der Waals surface area contributed by atoms with E-state index in [2.05, 4.69) is 0 Å². The molecule has 5 atom stereocenters. The van der Waals surface area contributed by atoms with Gasteiger partial charge in [-0.15, -0.1) is 0 Å². The van der Waals surface area contributed by atoms with E-state index in [1.165, 1.54) is 0 Å². The van der Waals surface area contributed by atoms with E-state index in [1.54, 1.807) is 12.1 Å². The molecule has 0 bridgehead atoms. The average molecular weight is 458 g/mol. The molecule has 0 spiro atoms. The standard InChI is InChI=1S/C18H20FN2O9P/c1-9-5-11-7-27-31(26,30-12(11)6-10(9)2)28-8-18(19)15(24)14(23)16(29-18)21-4-3-13(22)20-17(21)25/h3-6,14-16,23-24H,7-8H2,1-2H3,(H,20,22,25)/t14-,15+,16-,18-,31?/m1/s1. The first-order valence-corrected chi connectivity index (χ1v) is 10.7. The number of nitrogens with one attached hydrogen (secondary N) is 1. The quantitative estimate of drug-likeness (QED) is 0.566. The molecule has 1 unspecified atom stereocenters. The smallest absolute Gasteiger partial charge is 0.404 e. The molecule has 1 aromatic carbocycles. The van der Waals surface area contributed by atoms with Crippen LogP contribution in [0.3, 0.4) is 0 Å². The van der Waals surface area contributed by atoms with Gasteiger partial charge in [0.05, 0.1) is 6.61 Å². The predicted octanol–water partition coefficient (Wildman–Crippen LogP) is 0.804. The van der Waals surface area contributed by atoms with Crippen molar-refractivity contribution in [1.29, 1.82) is 0 Å². The maximum absolute atomic E-state index is 15.3. The zero-order chi connectivity index (χ0) is 22.6. The van der Waals surface area contributed by atoms with E-state index in [0.29, 0.717) is 10.1 Å². The number of aryl methyl sites for hydroxylation is 2. The summed E-state index contributed by atoms with van der Waals surface area (Å²) in [7, 11) is -4.26. The third kappa shape index (κ3) is 3.98. The summed E-state index contributed by atoms with van der Waals surface area (Å²) in [4.78, 5) is 25.0. The van der Waals surface area contributed by atoms with Crippen LogP contribution in [0.5, 0.6) is 5.75 Å². The Morgan fingerprint density at radius 2 is 2.03 bits per heavy atom. The Balaban J connectivity index is 1.51. The Labute approximate surface area is 174 Å². The van der Waals surface area contributed by atoms with Crippen LogP contribution in [0.25, 0.3) is 0 Å². The van der Waals surface area contributed by atoms with E-state index < -0.39 is 50.0 Å². The Morgan fingerprint density at radius 3 is 2.74 bits per heavy atom. The van der Waals surface area contributed by atoms with E-state index >= 15 is 4.39 Å². The van der Waals surface area contributed by atoms with Crippen molar-refractivity contribution in [2.45, 2.75) is 44.7 Å². The summed E-state index contributed by atoms with van der Waals surface area (Å²) in [6.45, 7) is 2.49. The van der Waals surface area contributed by atoms with Crippen LogP contribution >= 0.6 is 7.82 Å². The monoisotopic (exact) mass is 458 g/mol. The number of halogens is 1. The number of aromatic amines is 1. The zero-order valence-corrected chi connectivity index (χ0v) is 17.4. The Hall–Kier alpha value is -2.34. The number of hydrogen-bond donors (Lipinski definition) is 3. The molecule has 1 aromatic heterocycles. The average Bonchev–Trinajstić information content (AvgIpc) is 2.93. The number of alkyl halides is 1. The third-order valence-corrected chi connectivity index (χ3v) is 6.49. The minimum absolute atomic E-state index is 0.103. The molecule has 2 aliphatic heterocycles. The summed E-state index contributed by atoms with van der Waals surface area (Å²) in [6.07, 6.45) is -4.75. The number of nitrogens with zero attached hydrogens (tertiary/aromatic N) is 1. The lowest BCUT2D eigenvalue weighted by molar-refractivity contribution is -0.205. The number of ether oxygens (including phenoxy) is 1. The summed E-state index contributed by atoms with van der Waals surface area (Å²) in [5, 5.41) is 20.3. The number of aromatic nitrogens is 2. The molecular formula is C18H20FN2O9P. The number of benzene rings is 1. The number of fused-ring (bicyclic) bond motifs is 1. The normalized spacial score (nSPS) is 32.5. The minimum Gasteiger partial charge on any atom is -0.404 e. The van der Waals surface area contributed by atoms with Crippen molar-refractivity contribution >= 4 is 7.82 Å². The molecule has 13 heteroatoms. The highest BCUT2D eigenvalue weighted by Crippen LogP contribution is 2.56. The number of H-pyrrole nitrogens is 1. The van der Waals surface area contributed by atoms with Gasteiger partial charge in [-0.2, -0.15) is 0 Å². The van der Waals surface area contributed by atoms with Crippen molar-refractivity contribution in [2.24, 2.45) is 0 Å². The Kier molecular flexibility index (Phi) is 5.41. The number of rotatable bonds is 4. The van der Waals surface area contributed by atoms with Gasteiger partial charge in [-0.05, 0) is 37.1 Å². The van der Waals surface area contributed by atoms with Crippen LogP contribution in [-0.4, -0.2) is 44.4 Å². The van der Waals surface area contributed by atoms with Crippen molar-refractivity contribution < 1.29 is 37.5 Å². The molecule has 31 heavy (non-hydrogen) atoms. The Bertz CT molecular complexity index is 1180. The van der Waals surface area contributed by atoms with E-state index in [1.807, 2.05) is 18.8 Å². The second-order valence-electron chi connectivity index (χ2n) is 7.38. The van der Waals surface area contributed by atoms with Crippen LogP contribution in [0, 0.1) is 13.8 Å². The van der Waals surface area contributed by atoms with Crippen LogP contribution in [0.1, 0.15) is 22.9 Å². The van der Waals surface area contributed by atoms with Crippen LogP contribution in [-0.2, 0) is 25.0 Å². The van der Waals surface area contributed by atoms with Crippen molar-refractivity contribution in [3.63, 3.8) is 0 Å². The lowest BCUT2D eigenvalue weighted by Gasteiger charge is -2.28. The van der Waals surface area contributed by atoms with Gasteiger partial charge in [-0.3, -0.25) is 23.4 Å². The van der Waals surface area contributed by atoms with Crippen molar-refractivity contribution in [2.75, 3.05) is 6.61 Å². The fourth-order valence-electron chi connectivity index (χ4n) is 3.29. The fourth-order valence-corrected chi connectivity index (χ4v) is 4.52. The van der Waals surface area contributed by atoms with E-state index in [0.717, 1.165) is 23.4 Å². The SMILES string of the molecule is Cc1cc2c(cc1C)OP(=O)(OC[C@@]1(F)O[C@@H](n3ccc(=O)[nH]c3=O)[C@H](O)[C@@H]1O)OC2. The molecule has 0 radical (unpaired) electrons. The molecule has 1 saturated heterocycles. The summed E-state index contributed by atoms with van der Waals surface area (Å²) in [5.41, 5.74) is 0.799. The zero-order valence-electron chi connectivity index (χ0n) is 16.5. The highest BCUT2D eigenvalue weighted by Gasteiger charge is 2.57. The molecular weight excluding hydrogens is 438 g/mol. The summed E-state index contributed by atoms with van der Waals surface area (Å²) in [6, 6.07) is 4.41. The molecule has 4 rings (SSSR count). The topological polar surface area (TPSA) is 149 Å². The lowest BCUT2D eigenvalue weighted by Crippen LogP contribution is -2.43. The number of phosphoric acid groups is 1. The lowest BCUT2D eigenvalue weighted by atomic mass is 10.1. The molecule has 2 aromatic rings. The summed E-state index contributed by atoms with van der Waals surface area (Å²) in [5.74, 6) is -2.79. The molecule has 168 valence electrons. The molecule has 0 saturated carbocycles. The number of aliphatic hydroxyl groups is 2. The van der Waals surface area contributed by atoms with Gasteiger partial charge in [0.15, 0.2) is 6.23 Å². The molecule has 1 fully saturated rings. The first-order valence-electron chi connectivity index (χ1n) is 9.24. The largest absolute Gasteiger partial charge is 0.530 e. The van der Waals surface area contributed by atoms with E-state index in [9.17, 15) is 24.4 Å². The maximum Gasteiger partial charge on any atom is 0.530 e. The summed E-state index contributed by atoms with van der Waals surface area (Å²) >= 11 is 0. The first kappa shape index (κ1) is 21.9. The molecule has 11 nitrogen and oxygen atoms in total. The van der Waals surface area contributed by atoms with E-state index in [4.69, 9.17) is 18.3 Å². The first-order chi connectivity index (χ1) is 14.5. The number of aliphatic hydroxyl groups excluding tert-OH is 2. The summed E-state index contributed by atoms with van der Waals surface area (Å²) < 4.78 is 49.3. The Morgan fingerprint density at radius 1 is 1.32 bits per heavy atom. The molecule has 3 N–H and O–H groups in total. The van der Waals surface area contributed by atoms with Crippen LogP contribution in [0.15, 0.2) is 34.0 Å². The molecule has 3 heterocycles. The van der Waals surface area contributed by atoms with Gasteiger partial charge >= 0.3 is 13.5 Å². The number of phosphoric ester groups is 1. The third-order valence-electron chi connectivity index (χ3n) is 5.18. The van der Waals surface area contributed by atoms with Gasteiger partial charge in [0.1, 0.15) is 24.6 Å². The number of hydrogen-bond acceptors (Lipinski definition) is 9. The van der Waals surface area contributed by atoms with Crippen LogP contribution < -0.4 is 15.8 Å². The molecule has 0 amide bonds. The van der Waals surface area contributed by atoms with Gasteiger partial charge in [-0.25, -0.2) is 13.8 Å². The van der Waals surface area contributed by atoms with Gasteiger partial charge < -0.3 is 19.5 Å². The van der Waals surface area contributed by atoms with Gasteiger partial charge in [0, 0.05) is 17.8 Å². The van der Waals surface area contributed by atoms with E-state index in [-0.39, 0.29) is 12.4 Å². The highest BCUT2D eigenvalue weighted by molar-refractivity contribution is 7.49. The molecule has 0 aliphatic carbocycles. The predicted molar refractivity (Wildman–Crippen MR) is 102 cm³/mol. The fraction of sp³-hybridized carbons (Fsp3) is 0.444. The molecule has 2 aliphatic rings. The minimum atomic E-state index is -4.26. The van der Waals surface area contributed by atoms with Gasteiger partial charge in [0.25, 0.3) is 11.4 Å². The van der Waals surface area contributed by atoms with Crippen molar-refractivity contribution in [1.82, 2.24) is 9.55 Å². The van der Waals surface area contributed by atoms with Crippen LogP contribution in [0.4, 0.5) is 4.39 Å². The maximum atomic E-state index is 15.3. The van der Waals surface area contributed by atoms with Gasteiger partial charge in [-0.1, -0.05) is 0 Å². The van der Waals surface area contributed by atoms with Crippen molar-refractivity contribution in [3.8, 4) is 5.75 Å². The van der Waals surface area contributed by atoms with Crippen LogP contribution in [0.2, 0.25) is 0 Å². The highest BCUT2D eigenvalue weighted by atomic mass is 31.2. The van der Waals surface area contributed by atoms with Crippen molar-refractivity contribution in [3.05, 3.63) is 61.9 Å². The second-order valence-corrected chi connectivity index (χ2v) is 8.97. The van der Waals surface area contributed by atoms with Gasteiger partial charge in [0.2, 0.25) is 0 Å².